The summed E-state index contributed by atoms with van der Waals surface area (Å²) in [5.74, 6) is 2.10. The van der Waals surface area contributed by atoms with Crippen LogP contribution in [-0.2, 0) is 0 Å². The lowest BCUT2D eigenvalue weighted by Gasteiger charge is -2.21. The first-order valence-corrected chi connectivity index (χ1v) is 5.84. The fourth-order valence-electron chi connectivity index (χ4n) is 2.15. The van der Waals surface area contributed by atoms with Crippen LogP contribution >= 0.6 is 0 Å². The summed E-state index contributed by atoms with van der Waals surface area (Å²) in [5.41, 5.74) is 1.16. The van der Waals surface area contributed by atoms with E-state index in [0.717, 1.165) is 24.6 Å². The molecule has 1 N–H and O–H groups in total. The van der Waals surface area contributed by atoms with Crippen LogP contribution in [0.5, 0.6) is 0 Å². The predicted octanol–water partition coefficient (Wildman–Crippen LogP) is 1.22. The summed E-state index contributed by atoms with van der Waals surface area (Å²) < 4.78 is 0. The Kier molecular flexibility index (Phi) is 2.37. The molecule has 1 atom stereocenters. The molecule has 2 aliphatic rings. The highest BCUT2D eigenvalue weighted by Gasteiger charge is 2.27. The van der Waals surface area contributed by atoms with Crippen molar-refractivity contribution in [2.24, 2.45) is 0 Å². The molecular weight excluding hydrogens is 188 g/mol. The number of hydrogen-bond acceptors (Lipinski definition) is 4. The minimum Gasteiger partial charge on any atom is -0.316 e. The van der Waals surface area contributed by atoms with Crippen LogP contribution in [0, 0.1) is 0 Å². The van der Waals surface area contributed by atoms with Crippen LogP contribution in [0.25, 0.3) is 0 Å². The Morgan fingerprint density at radius 2 is 2.13 bits per heavy atom. The highest BCUT2D eigenvalue weighted by molar-refractivity contribution is 5.12. The van der Waals surface area contributed by atoms with Crippen LogP contribution in [0.15, 0.2) is 6.20 Å². The Balaban J connectivity index is 1.80. The lowest BCUT2D eigenvalue weighted by molar-refractivity contribution is 0.441. The van der Waals surface area contributed by atoms with Crippen molar-refractivity contribution in [2.75, 3.05) is 13.1 Å². The van der Waals surface area contributed by atoms with Gasteiger partial charge in [0.1, 0.15) is 0 Å². The molecule has 1 aliphatic heterocycles. The van der Waals surface area contributed by atoms with Gasteiger partial charge in [-0.3, -0.25) is 0 Å². The standard InChI is InChI=1S/C11H16N4/c1-2-9(6-12-5-1)11-14-10(7-13-15-11)8-3-4-8/h7-9,12H,1-6H2. The number of rotatable bonds is 2. The molecule has 4 heteroatoms. The van der Waals surface area contributed by atoms with Crippen LogP contribution in [0.3, 0.4) is 0 Å². The maximum atomic E-state index is 4.64. The van der Waals surface area contributed by atoms with Crippen LogP contribution in [-0.4, -0.2) is 28.3 Å². The summed E-state index contributed by atoms with van der Waals surface area (Å²) in [5, 5.41) is 11.6. The van der Waals surface area contributed by atoms with Crippen molar-refractivity contribution in [3.8, 4) is 0 Å². The third-order valence-corrected chi connectivity index (χ3v) is 3.25. The van der Waals surface area contributed by atoms with Gasteiger partial charge >= 0.3 is 0 Å². The second-order valence-corrected chi connectivity index (χ2v) is 4.56. The van der Waals surface area contributed by atoms with Gasteiger partial charge in [0.15, 0.2) is 5.82 Å². The molecule has 1 saturated heterocycles. The molecule has 0 amide bonds. The molecule has 4 nitrogen and oxygen atoms in total. The third-order valence-electron chi connectivity index (χ3n) is 3.25. The molecule has 1 aromatic heterocycles. The van der Waals surface area contributed by atoms with E-state index in [0.29, 0.717) is 11.8 Å². The topological polar surface area (TPSA) is 50.7 Å². The first-order valence-electron chi connectivity index (χ1n) is 5.84. The van der Waals surface area contributed by atoms with E-state index in [1.165, 1.54) is 25.7 Å². The molecule has 1 aliphatic carbocycles. The second kappa shape index (κ2) is 3.85. The van der Waals surface area contributed by atoms with Crippen molar-refractivity contribution < 1.29 is 0 Å². The predicted molar refractivity (Wildman–Crippen MR) is 56.6 cm³/mol. The fourth-order valence-corrected chi connectivity index (χ4v) is 2.15. The van der Waals surface area contributed by atoms with Crippen molar-refractivity contribution >= 4 is 0 Å². The molecular formula is C11H16N4. The van der Waals surface area contributed by atoms with Gasteiger partial charge in [-0.1, -0.05) is 0 Å². The van der Waals surface area contributed by atoms with Gasteiger partial charge in [0, 0.05) is 18.4 Å². The third kappa shape index (κ3) is 2.00. The summed E-state index contributed by atoms with van der Waals surface area (Å²) in [6, 6.07) is 0. The van der Waals surface area contributed by atoms with Crippen molar-refractivity contribution in [1.82, 2.24) is 20.5 Å². The summed E-state index contributed by atoms with van der Waals surface area (Å²) in [7, 11) is 0. The summed E-state index contributed by atoms with van der Waals surface area (Å²) >= 11 is 0. The number of nitrogens with one attached hydrogen (secondary N) is 1. The molecule has 80 valence electrons. The Morgan fingerprint density at radius 1 is 1.20 bits per heavy atom. The zero-order valence-corrected chi connectivity index (χ0v) is 8.82. The van der Waals surface area contributed by atoms with Gasteiger partial charge in [-0.25, -0.2) is 4.98 Å². The number of aromatic nitrogens is 3. The van der Waals surface area contributed by atoms with Crippen molar-refractivity contribution in [3.05, 3.63) is 17.7 Å². The highest BCUT2D eigenvalue weighted by Crippen LogP contribution is 2.38. The molecule has 1 unspecified atom stereocenters. The van der Waals surface area contributed by atoms with E-state index in [9.17, 15) is 0 Å². The number of nitrogens with zero attached hydrogens (tertiary/aromatic N) is 3. The minimum absolute atomic E-state index is 0.477. The van der Waals surface area contributed by atoms with Gasteiger partial charge < -0.3 is 5.32 Å². The average Bonchev–Trinajstić information content (AvgIpc) is 3.14. The molecule has 2 fully saturated rings. The summed E-state index contributed by atoms with van der Waals surface area (Å²) in [4.78, 5) is 4.64. The number of piperidine rings is 1. The average molecular weight is 204 g/mol. The highest BCUT2D eigenvalue weighted by atomic mass is 15.2. The molecule has 0 aromatic carbocycles. The molecule has 15 heavy (non-hydrogen) atoms. The first kappa shape index (κ1) is 9.21. The van der Waals surface area contributed by atoms with Crippen LogP contribution in [0.4, 0.5) is 0 Å². The Bertz CT molecular complexity index is 342. The van der Waals surface area contributed by atoms with E-state index < -0.39 is 0 Å². The van der Waals surface area contributed by atoms with Gasteiger partial charge in [0.2, 0.25) is 0 Å². The van der Waals surface area contributed by atoms with Crippen molar-refractivity contribution in [3.63, 3.8) is 0 Å². The van der Waals surface area contributed by atoms with Gasteiger partial charge in [0.25, 0.3) is 0 Å². The van der Waals surface area contributed by atoms with Gasteiger partial charge in [-0.15, -0.1) is 5.10 Å². The van der Waals surface area contributed by atoms with E-state index in [4.69, 9.17) is 0 Å². The Hall–Kier alpha value is -1.03. The van der Waals surface area contributed by atoms with Gasteiger partial charge in [0.05, 0.1) is 11.9 Å². The quantitative estimate of drug-likeness (QED) is 0.787. The van der Waals surface area contributed by atoms with E-state index in [1.54, 1.807) is 0 Å². The maximum absolute atomic E-state index is 4.64. The number of hydrogen-bond donors (Lipinski definition) is 1. The molecule has 0 spiro atoms. The summed E-state index contributed by atoms with van der Waals surface area (Å²) in [6.45, 7) is 2.14. The van der Waals surface area contributed by atoms with Crippen molar-refractivity contribution in [2.45, 2.75) is 37.5 Å². The fraction of sp³-hybridized carbons (Fsp3) is 0.727. The second-order valence-electron chi connectivity index (χ2n) is 4.56. The molecule has 1 aromatic rings. The lowest BCUT2D eigenvalue weighted by atomic mass is 9.99. The SMILES string of the molecule is c1nnc(C2CCCNC2)nc1C1CC1. The van der Waals surface area contributed by atoms with Gasteiger partial charge in [-0.05, 0) is 32.2 Å². The Labute approximate surface area is 89.5 Å². The molecule has 0 radical (unpaired) electrons. The van der Waals surface area contributed by atoms with Crippen LogP contribution in [0.2, 0.25) is 0 Å². The zero-order valence-electron chi connectivity index (χ0n) is 8.82. The molecule has 1 saturated carbocycles. The largest absolute Gasteiger partial charge is 0.316 e. The van der Waals surface area contributed by atoms with Crippen LogP contribution in [0.1, 0.15) is 49.0 Å². The summed E-state index contributed by atoms with van der Waals surface area (Å²) in [6.07, 6.45) is 6.81. The maximum Gasteiger partial charge on any atom is 0.155 e. The van der Waals surface area contributed by atoms with E-state index in [2.05, 4.69) is 20.5 Å². The van der Waals surface area contributed by atoms with E-state index >= 15 is 0 Å². The zero-order chi connectivity index (χ0) is 10.1. The molecule has 3 rings (SSSR count). The monoisotopic (exact) mass is 204 g/mol. The molecule has 2 heterocycles. The minimum atomic E-state index is 0.477. The lowest BCUT2D eigenvalue weighted by Crippen LogP contribution is -2.29. The normalized spacial score (nSPS) is 26.5. The van der Waals surface area contributed by atoms with Crippen LogP contribution < -0.4 is 5.32 Å². The first-order chi connectivity index (χ1) is 7.43. The van der Waals surface area contributed by atoms with Crippen molar-refractivity contribution in [1.29, 1.82) is 0 Å². The van der Waals surface area contributed by atoms with Gasteiger partial charge in [-0.2, -0.15) is 5.10 Å². The Morgan fingerprint density at radius 3 is 2.87 bits per heavy atom. The smallest absolute Gasteiger partial charge is 0.155 e. The van der Waals surface area contributed by atoms with E-state index in [-0.39, 0.29) is 0 Å². The molecule has 0 bridgehead atoms. The van der Waals surface area contributed by atoms with E-state index in [1.807, 2.05) is 6.20 Å².